The fourth-order valence-electron chi connectivity index (χ4n) is 3.56. The van der Waals surface area contributed by atoms with E-state index >= 15 is 0 Å². The molecule has 82 valence electrons. The summed E-state index contributed by atoms with van der Waals surface area (Å²) in [5.74, 6) is 2.37. The van der Waals surface area contributed by atoms with Crippen molar-refractivity contribution in [2.45, 2.75) is 38.5 Å². The molecule has 2 N–H and O–H groups in total. The van der Waals surface area contributed by atoms with Crippen LogP contribution in [-0.4, -0.2) is 23.4 Å². The van der Waals surface area contributed by atoms with E-state index in [9.17, 15) is 10.2 Å². The first-order valence-corrected chi connectivity index (χ1v) is 6.07. The molecule has 0 radical (unpaired) electrons. The highest BCUT2D eigenvalue weighted by atomic mass is 16.3. The van der Waals surface area contributed by atoms with Crippen LogP contribution in [0.2, 0.25) is 0 Å². The van der Waals surface area contributed by atoms with Gasteiger partial charge in [0, 0.05) is 13.2 Å². The van der Waals surface area contributed by atoms with Crippen LogP contribution in [0.5, 0.6) is 0 Å². The normalized spacial score (nSPS) is 43.3. The summed E-state index contributed by atoms with van der Waals surface area (Å²) in [6, 6.07) is 0. The number of rotatable bonds is 2. The summed E-state index contributed by atoms with van der Waals surface area (Å²) >= 11 is 0. The van der Waals surface area contributed by atoms with Crippen molar-refractivity contribution in [2.75, 3.05) is 13.2 Å². The molecule has 2 fully saturated rings. The van der Waals surface area contributed by atoms with Gasteiger partial charge in [0.05, 0.1) is 0 Å². The van der Waals surface area contributed by atoms with E-state index in [1.54, 1.807) is 0 Å². The first-order valence-electron chi connectivity index (χ1n) is 6.07. The van der Waals surface area contributed by atoms with Gasteiger partial charge in [-0.25, -0.2) is 0 Å². The molecule has 0 saturated heterocycles. The summed E-state index contributed by atoms with van der Waals surface area (Å²) in [5, 5.41) is 18.7. The zero-order valence-corrected chi connectivity index (χ0v) is 8.86. The van der Waals surface area contributed by atoms with Gasteiger partial charge in [0.1, 0.15) is 0 Å². The van der Waals surface area contributed by atoms with Crippen LogP contribution in [0.4, 0.5) is 0 Å². The lowest BCUT2D eigenvalue weighted by molar-refractivity contribution is 0.0669. The van der Waals surface area contributed by atoms with E-state index in [1.165, 1.54) is 32.1 Å². The third-order valence-corrected chi connectivity index (χ3v) is 4.43. The van der Waals surface area contributed by atoms with Crippen LogP contribution in [0.15, 0.2) is 0 Å². The number of aliphatic hydroxyl groups is 2. The van der Waals surface area contributed by atoms with Crippen molar-refractivity contribution in [3.8, 4) is 0 Å². The molecular weight excluding hydrogens is 176 g/mol. The molecule has 0 aromatic rings. The van der Waals surface area contributed by atoms with Gasteiger partial charge in [-0.1, -0.05) is 19.3 Å². The van der Waals surface area contributed by atoms with E-state index in [1.807, 2.05) is 0 Å². The summed E-state index contributed by atoms with van der Waals surface area (Å²) in [7, 11) is 0. The molecule has 2 aliphatic carbocycles. The first-order chi connectivity index (χ1) is 6.85. The zero-order valence-electron chi connectivity index (χ0n) is 8.86. The fourth-order valence-corrected chi connectivity index (χ4v) is 3.56. The molecule has 14 heavy (non-hydrogen) atoms. The second-order valence-corrected chi connectivity index (χ2v) is 5.16. The zero-order chi connectivity index (χ0) is 9.97. The lowest BCUT2D eigenvalue weighted by Crippen LogP contribution is -2.29. The van der Waals surface area contributed by atoms with Crippen LogP contribution in [0.3, 0.4) is 0 Å². The second kappa shape index (κ2) is 4.63. The summed E-state index contributed by atoms with van der Waals surface area (Å²) < 4.78 is 0. The molecule has 0 aromatic heterocycles. The highest BCUT2D eigenvalue weighted by Crippen LogP contribution is 2.44. The van der Waals surface area contributed by atoms with E-state index in [-0.39, 0.29) is 13.2 Å². The van der Waals surface area contributed by atoms with Crippen molar-refractivity contribution in [2.24, 2.45) is 23.7 Å². The fraction of sp³-hybridized carbons (Fsp3) is 1.00. The van der Waals surface area contributed by atoms with Crippen LogP contribution >= 0.6 is 0 Å². The van der Waals surface area contributed by atoms with Crippen LogP contribution in [0.25, 0.3) is 0 Å². The minimum Gasteiger partial charge on any atom is -0.396 e. The molecule has 2 bridgehead atoms. The highest BCUT2D eigenvalue weighted by molar-refractivity contribution is 4.86. The number of fused-ring (bicyclic) bond motifs is 2. The molecule has 2 rings (SSSR count). The minimum absolute atomic E-state index is 0.270. The van der Waals surface area contributed by atoms with Crippen LogP contribution in [-0.2, 0) is 0 Å². The summed E-state index contributed by atoms with van der Waals surface area (Å²) in [6.45, 7) is 0.551. The molecule has 2 nitrogen and oxygen atoms in total. The molecule has 0 spiro atoms. The molecule has 2 heteroatoms. The van der Waals surface area contributed by atoms with E-state index in [0.717, 1.165) is 12.3 Å². The number of hydrogen-bond acceptors (Lipinski definition) is 2. The van der Waals surface area contributed by atoms with Gasteiger partial charge < -0.3 is 10.2 Å². The Labute approximate surface area is 86.3 Å². The van der Waals surface area contributed by atoms with Gasteiger partial charge in [0.15, 0.2) is 0 Å². The van der Waals surface area contributed by atoms with Crippen molar-refractivity contribution in [1.29, 1.82) is 0 Å². The van der Waals surface area contributed by atoms with Gasteiger partial charge in [-0.2, -0.15) is 0 Å². The minimum atomic E-state index is 0.270. The SMILES string of the molecule is OCC1CCCC2CCC(C2)C1CO. The van der Waals surface area contributed by atoms with E-state index in [0.29, 0.717) is 17.8 Å². The number of hydrogen-bond donors (Lipinski definition) is 2. The second-order valence-electron chi connectivity index (χ2n) is 5.16. The van der Waals surface area contributed by atoms with E-state index < -0.39 is 0 Å². The van der Waals surface area contributed by atoms with E-state index in [4.69, 9.17) is 0 Å². The molecule has 0 aliphatic heterocycles. The summed E-state index contributed by atoms with van der Waals surface area (Å²) in [6.07, 6.45) is 7.67. The Morgan fingerprint density at radius 2 is 1.79 bits per heavy atom. The van der Waals surface area contributed by atoms with Gasteiger partial charge in [-0.15, -0.1) is 0 Å². The summed E-state index contributed by atoms with van der Waals surface area (Å²) in [5.41, 5.74) is 0. The Hall–Kier alpha value is -0.0800. The average molecular weight is 198 g/mol. The largest absolute Gasteiger partial charge is 0.396 e. The van der Waals surface area contributed by atoms with Crippen molar-refractivity contribution in [3.05, 3.63) is 0 Å². The monoisotopic (exact) mass is 198 g/mol. The molecule has 4 unspecified atom stereocenters. The molecule has 0 amide bonds. The Balaban J connectivity index is 2.05. The van der Waals surface area contributed by atoms with Crippen molar-refractivity contribution in [1.82, 2.24) is 0 Å². The van der Waals surface area contributed by atoms with Crippen molar-refractivity contribution < 1.29 is 10.2 Å². The predicted molar refractivity (Wildman–Crippen MR) is 55.8 cm³/mol. The first kappa shape index (κ1) is 10.4. The maximum atomic E-state index is 9.42. The highest BCUT2D eigenvalue weighted by Gasteiger charge is 2.36. The smallest absolute Gasteiger partial charge is 0.0465 e. The number of aliphatic hydroxyl groups excluding tert-OH is 2. The molecular formula is C12H22O2. The van der Waals surface area contributed by atoms with Crippen LogP contribution < -0.4 is 0 Å². The lowest BCUT2D eigenvalue weighted by Gasteiger charge is -2.31. The Morgan fingerprint density at radius 1 is 0.929 bits per heavy atom. The van der Waals surface area contributed by atoms with Crippen molar-refractivity contribution in [3.63, 3.8) is 0 Å². The molecule has 0 heterocycles. The van der Waals surface area contributed by atoms with Crippen molar-refractivity contribution >= 4 is 0 Å². The van der Waals surface area contributed by atoms with Gasteiger partial charge in [-0.3, -0.25) is 0 Å². The maximum Gasteiger partial charge on any atom is 0.0465 e. The van der Waals surface area contributed by atoms with Crippen LogP contribution in [0, 0.1) is 23.7 Å². The quantitative estimate of drug-likeness (QED) is 0.710. The molecule has 2 aliphatic rings. The van der Waals surface area contributed by atoms with Crippen LogP contribution in [0.1, 0.15) is 38.5 Å². The van der Waals surface area contributed by atoms with Gasteiger partial charge in [0.2, 0.25) is 0 Å². The van der Waals surface area contributed by atoms with E-state index in [2.05, 4.69) is 0 Å². The van der Waals surface area contributed by atoms with Gasteiger partial charge >= 0.3 is 0 Å². The Morgan fingerprint density at radius 3 is 2.50 bits per heavy atom. The topological polar surface area (TPSA) is 40.5 Å². The third-order valence-electron chi connectivity index (χ3n) is 4.43. The maximum absolute atomic E-state index is 9.42. The standard InChI is InChI=1S/C12H22O2/c13-7-11-3-1-2-9-4-5-10(6-9)12(11)8-14/h9-14H,1-8H2. The summed E-state index contributed by atoms with van der Waals surface area (Å²) in [4.78, 5) is 0. The molecule has 4 atom stereocenters. The average Bonchev–Trinajstić information content (AvgIpc) is 2.64. The van der Waals surface area contributed by atoms with Gasteiger partial charge in [-0.05, 0) is 42.9 Å². The molecule has 0 aromatic carbocycles. The predicted octanol–water partition coefficient (Wildman–Crippen LogP) is 1.80. The Bertz CT molecular complexity index is 179. The Kier molecular flexibility index (Phi) is 3.45. The lowest BCUT2D eigenvalue weighted by atomic mass is 9.76. The molecule has 2 saturated carbocycles. The third kappa shape index (κ3) is 1.96. The van der Waals surface area contributed by atoms with Gasteiger partial charge in [0.25, 0.3) is 0 Å².